The zero-order chi connectivity index (χ0) is 21.4. The van der Waals surface area contributed by atoms with Gasteiger partial charge < -0.3 is 5.11 Å². The first-order valence-corrected chi connectivity index (χ1v) is 10.9. The largest absolute Gasteiger partial charge is 0.395 e. The van der Waals surface area contributed by atoms with Crippen molar-refractivity contribution in [2.24, 2.45) is 0 Å². The Hall–Kier alpha value is -3.20. The van der Waals surface area contributed by atoms with Gasteiger partial charge in [-0.3, -0.25) is 5.32 Å². The number of aryl methyl sites for hydroxylation is 1. The van der Waals surface area contributed by atoms with E-state index in [-0.39, 0.29) is 12.6 Å². The summed E-state index contributed by atoms with van der Waals surface area (Å²) in [7, 11) is 0. The van der Waals surface area contributed by atoms with Crippen molar-refractivity contribution >= 4 is 0 Å². The van der Waals surface area contributed by atoms with Gasteiger partial charge in [-0.25, -0.2) is 0 Å². The first kappa shape index (κ1) is 21.0. The van der Waals surface area contributed by atoms with Gasteiger partial charge in [0.1, 0.15) is 0 Å². The van der Waals surface area contributed by atoms with Crippen LogP contribution in [0.5, 0.6) is 0 Å². The van der Waals surface area contributed by atoms with E-state index in [9.17, 15) is 5.11 Å². The molecule has 0 saturated heterocycles. The van der Waals surface area contributed by atoms with E-state index >= 15 is 0 Å². The zero-order valence-electron chi connectivity index (χ0n) is 17.7. The molecule has 1 atom stereocenters. The van der Waals surface area contributed by atoms with Gasteiger partial charge in [-0.15, -0.1) is 0 Å². The molecule has 0 amide bonds. The summed E-state index contributed by atoms with van der Waals surface area (Å²) in [6.45, 7) is 0.0705. The van der Waals surface area contributed by atoms with Crippen molar-refractivity contribution in [3.05, 3.63) is 144 Å². The molecule has 0 aromatic heterocycles. The normalized spacial score (nSPS) is 12.4. The summed E-state index contributed by atoms with van der Waals surface area (Å²) in [5.41, 5.74) is 4.20. The highest BCUT2D eigenvalue weighted by Gasteiger charge is 2.37. The minimum atomic E-state index is -0.562. The summed E-state index contributed by atoms with van der Waals surface area (Å²) in [6, 6.07) is 42.0. The molecule has 0 saturated carbocycles. The molecular weight excluding hydrogens is 378 g/mol. The van der Waals surface area contributed by atoms with Gasteiger partial charge in [-0.05, 0) is 35.1 Å². The van der Waals surface area contributed by atoms with Crippen molar-refractivity contribution in [2.45, 2.75) is 24.4 Å². The summed E-state index contributed by atoms with van der Waals surface area (Å²) >= 11 is 0. The van der Waals surface area contributed by atoms with Crippen LogP contribution in [0.1, 0.15) is 28.7 Å². The number of rotatable bonds is 9. The fourth-order valence-electron chi connectivity index (χ4n) is 4.32. The Labute approximate surface area is 185 Å². The third kappa shape index (κ3) is 4.77. The van der Waals surface area contributed by atoms with E-state index in [1.165, 1.54) is 5.56 Å². The lowest BCUT2D eigenvalue weighted by molar-refractivity contribution is 0.215. The molecule has 0 heterocycles. The van der Waals surface area contributed by atoms with Crippen molar-refractivity contribution in [3.8, 4) is 0 Å². The predicted octanol–water partition coefficient (Wildman–Crippen LogP) is 5.56. The molecule has 0 bridgehead atoms. The molecule has 0 aliphatic heterocycles. The number of nitrogens with one attached hydrogen (secondary N) is 1. The summed E-state index contributed by atoms with van der Waals surface area (Å²) in [6.07, 6.45) is 1.75. The van der Waals surface area contributed by atoms with E-state index in [0.717, 1.165) is 29.5 Å². The van der Waals surface area contributed by atoms with Crippen molar-refractivity contribution in [2.75, 3.05) is 6.61 Å². The molecule has 0 unspecified atom stereocenters. The van der Waals surface area contributed by atoms with E-state index in [0.29, 0.717) is 0 Å². The molecule has 0 radical (unpaired) electrons. The second kappa shape index (κ2) is 10.2. The Balaban J connectivity index is 1.77. The number of aliphatic hydroxyl groups is 1. The van der Waals surface area contributed by atoms with Crippen molar-refractivity contribution in [1.29, 1.82) is 0 Å². The van der Waals surface area contributed by atoms with Gasteiger partial charge in [-0.1, -0.05) is 121 Å². The lowest BCUT2D eigenvalue weighted by Gasteiger charge is -2.40. The lowest BCUT2D eigenvalue weighted by Crippen LogP contribution is -2.51. The second-order valence-corrected chi connectivity index (χ2v) is 7.90. The SMILES string of the molecule is OC[C@H](CCc1ccccc1)NC(c1ccccc1)(c1ccccc1)c1ccccc1. The summed E-state index contributed by atoms with van der Waals surface area (Å²) < 4.78 is 0. The highest BCUT2D eigenvalue weighted by atomic mass is 16.3. The molecule has 4 aromatic rings. The molecule has 156 valence electrons. The maximum Gasteiger partial charge on any atom is 0.0950 e. The van der Waals surface area contributed by atoms with Crippen LogP contribution in [0.3, 0.4) is 0 Å². The van der Waals surface area contributed by atoms with Gasteiger partial charge in [0.05, 0.1) is 12.1 Å². The van der Waals surface area contributed by atoms with Crippen LogP contribution in [0, 0.1) is 0 Å². The maximum absolute atomic E-state index is 10.3. The van der Waals surface area contributed by atoms with Gasteiger partial charge in [0, 0.05) is 6.04 Å². The summed E-state index contributed by atoms with van der Waals surface area (Å²) in [5, 5.41) is 14.2. The molecule has 31 heavy (non-hydrogen) atoms. The van der Waals surface area contributed by atoms with Gasteiger partial charge in [0.25, 0.3) is 0 Å². The Morgan fingerprint density at radius 1 is 0.581 bits per heavy atom. The van der Waals surface area contributed by atoms with Crippen molar-refractivity contribution in [3.63, 3.8) is 0 Å². The van der Waals surface area contributed by atoms with Crippen molar-refractivity contribution in [1.82, 2.24) is 5.32 Å². The maximum atomic E-state index is 10.3. The fourth-order valence-corrected chi connectivity index (χ4v) is 4.32. The third-order valence-electron chi connectivity index (χ3n) is 5.89. The van der Waals surface area contributed by atoms with Crippen LogP contribution in [0.4, 0.5) is 0 Å². The predicted molar refractivity (Wildman–Crippen MR) is 128 cm³/mol. The lowest BCUT2D eigenvalue weighted by atomic mass is 9.76. The van der Waals surface area contributed by atoms with E-state index in [1.807, 2.05) is 24.3 Å². The van der Waals surface area contributed by atoms with Crippen LogP contribution in [0.25, 0.3) is 0 Å². The van der Waals surface area contributed by atoms with E-state index in [1.54, 1.807) is 0 Å². The van der Waals surface area contributed by atoms with Gasteiger partial charge in [0.2, 0.25) is 0 Å². The fraction of sp³-hybridized carbons (Fsp3) is 0.172. The average molecular weight is 408 g/mol. The van der Waals surface area contributed by atoms with Crippen LogP contribution in [0.2, 0.25) is 0 Å². The molecule has 4 aromatic carbocycles. The Morgan fingerprint density at radius 2 is 0.968 bits per heavy atom. The average Bonchev–Trinajstić information content (AvgIpc) is 2.87. The monoisotopic (exact) mass is 407 g/mol. The second-order valence-electron chi connectivity index (χ2n) is 7.90. The van der Waals surface area contributed by atoms with Crippen LogP contribution in [-0.2, 0) is 12.0 Å². The number of hydrogen-bond acceptors (Lipinski definition) is 2. The van der Waals surface area contributed by atoms with Gasteiger partial charge in [-0.2, -0.15) is 0 Å². The highest BCUT2D eigenvalue weighted by molar-refractivity contribution is 5.49. The third-order valence-corrected chi connectivity index (χ3v) is 5.89. The smallest absolute Gasteiger partial charge is 0.0950 e. The van der Waals surface area contributed by atoms with E-state index in [4.69, 9.17) is 0 Å². The molecule has 4 rings (SSSR count). The molecular formula is C29H29NO. The first-order valence-electron chi connectivity index (χ1n) is 10.9. The minimum Gasteiger partial charge on any atom is -0.395 e. The number of benzene rings is 4. The quantitative estimate of drug-likeness (QED) is 0.356. The zero-order valence-corrected chi connectivity index (χ0v) is 17.7. The topological polar surface area (TPSA) is 32.3 Å². The number of hydrogen-bond donors (Lipinski definition) is 2. The molecule has 0 aliphatic rings. The Bertz CT molecular complexity index is 936. The molecule has 0 spiro atoms. The molecule has 0 aliphatic carbocycles. The van der Waals surface area contributed by atoms with E-state index in [2.05, 4.69) is 102 Å². The van der Waals surface area contributed by atoms with Crippen LogP contribution in [0.15, 0.2) is 121 Å². The standard InChI is InChI=1S/C29H29NO/c31-23-28(22-21-24-13-5-1-6-14-24)30-29(25-15-7-2-8-16-25,26-17-9-3-10-18-26)27-19-11-4-12-20-27/h1-20,28,30-31H,21-23H2/t28-/m0/s1. The van der Waals surface area contributed by atoms with Crippen LogP contribution < -0.4 is 5.32 Å². The van der Waals surface area contributed by atoms with Gasteiger partial charge in [0.15, 0.2) is 0 Å². The van der Waals surface area contributed by atoms with E-state index < -0.39 is 5.54 Å². The number of aliphatic hydroxyl groups excluding tert-OH is 1. The Kier molecular flexibility index (Phi) is 6.93. The summed E-state index contributed by atoms with van der Waals surface area (Å²) in [4.78, 5) is 0. The first-order chi connectivity index (χ1) is 15.3. The highest BCUT2D eigenvalue weighted by Crippen LogP contribution is 2.37. The van der Waals surface area contributed by atoms with Crippen LogP contribution >= 0.6 is 0 Å². The van der Waals surface area contributed by atoms with Crippen molar-refractivity contribution < 1.29 is 5.11 Å². The van der Waals surface area contributed by atoms with Crippen LogP contribution in [-0.4, -0.2) is 17.8 Å². The molecule has 2 nitrogen and oxygen atoms in total. The minimum absolute atomic E-state index is 0.0687. The molecule has 0 fully saturated rings. The van der Waals surface area contributed by atoms with Gasteiger partial charge >= 0.3 is 0 Å². The summed E-state index contributed by atoms with van der Waals surface area (Å²) in [5.74, 6) is 0. The molecule has 2 N–H and O–H groups in total. The molecule has 2 heteroatoms. The Morgan fingerprint density at radius 3 is 1.35 bits per heavy atom.